The first-order valence-electron chi connectivity index (χ1n) is 15.2. The van der Waals surface area contributed by atoms with Gasteiger partial charge >= 0.3 is 18.2 Å². The molecular weight excluding hydrogens is 609 g/mol. The van der Waals surface area contributed by atoms with Crippen LogP contribution in [0.5, 0.6) is 0 Å². The topological polar surface area (TPSA) is 95.9 Å². The molecule has 6 rings (SSSR count). The van der Waals surface area contributed by atoms with Crippen LogP contribution in [0.25, 0.3) is 11.1 Å². The van der Waals surface area contributed by atoms with Crippen LogP contribution < -0.4 is 4.90 Å². The number of aromatic nitrogens is 2. The van der Waals surface area contributed by atoms with Gasteiger partial charge in [0.1, 0.15) is 6.10 Å². The fraction of sp³-hybridized carbons (Fsp3) is 0.455. The molecule has 1 N–H and O–H groups in total. The third-order valence-electron chi connectivity index (χ3n) is 9.29. The van der Waals surface area contributed by atoms with Crippen LogP contribution in [0.3, 0.4) is 0 Å². The predicted octanol–water partition coefficient (Wildman–Crippen LogP) is 7.77. The van der Waals surface area contributed by atoms with E-state index in [1.165, 1.54) is 4.90 Å². The lowest BCUT2D eigenvalue weighted by Gasteiger charge is -2.31. The molecule has 3 aromatic rings. The third-order valence-corrected chi connectivity index (χ3v) is 9.62. The Labute approximate surface area is 264 Å². The molecule has 3 fully saturated rings. The van der Waals surface area contributed by atoms with E-state index in [4.69, 9.17) is 21.3 Å². The number of carbonyl (C=O) groups is 2. The van der Waals surface area contributed by atoms with E-state index in [9.17, 15) is 27.9 Å². The SMILES string of the molecule is Cc1cc([C@H]2OC(=O)N(Cc3nc(N4CCC4)ncc3-c3cc(C4CCC(C(=O)O)CC4)ccc3Cl)[C@H]2C)cc(C(F)(F)F)c1. The number of anilines is 1. The molecule has 2 aromatic carbocycles. The highest BCUT2D eigenvalue weighted by Gasteiger charge is 2.42. The van der Waals surface area contributed by atoms with Crippen molar-refractivity contribution in [3.05, 3.63) is 75.6 Å². The number of hydrogen-bond acceptors (Lipinski definition) is 6. The quantitative estimate of drug-likeness (QED) is 0.281. The molecule has 1 saturated carbocycles. The molecular formula is C33H34ClF3N4O4. The number of nitrogens with zero attached hydrogens (tertiary/aromatic N) is 4. The molecule has 3 aliphatic rings. The summed E-state index contributed by atoms with van der Waals surface area (Å²) in [6.07, 6.45) is -0.617. The molecule has 0 bridgehead atoms. The lowest BCUT2D eigenvalue weighted by Crippen LogP contribution is -2.39. The number of rotatable bonds is 7. The lowest BCUT2D eigenvalue weighted by atomic mass is 9.78. The summed E-state index contributed by atoms with van der Waals surface area (Å²) in [4.78, 5) is 37.7. The Kier molecular flexibility index (Phi) is 8.41. The minimum Gasteiger partial charge on any atom is -0.481 e. The van der Waals surface area contributed by atoms with Gasteiger partial charge in [-0.15, -0.1) is 0 Å². The lowest BCUT2D eigenvalue weighted by molar-refractivity contribution is -0.143. The number of aryl methyl sites for hydroxylation is 1. The van der Waals surface area contributed by atoms with Gasteiger partial charge in [0, 0.05) is 35.4 Å². The average molecular weight is 643 g/mol. The number of carboxylic acid groups (broad SMARTS) is 1. The zero-order valence-corrected chi connectivity index (χ0v) is 25.7. The highest BCUT2D eigenvalue weighted by Crippen LogP contribution is 2.41. The van der Waals surface area contributed by atoms with Gasteiger partial charge in [-0.2, -0.15) is 13.2 Å². The summed E-state index contributed by atoms with van der Waals surface area (Å²) in [6, 6.07) is 8.93. The summed E-state index contributed by atoms with van der Waals surface area (Å²) in [6.45, 7) is 5.00. The number of aliphatic carboxylic acids is 1. The Morgan fingerprint density at radius 2 is 1.80 bits per heavy atom. The summed E-state index contributed by atoms with van der Waals surface area (Å²) >= 11 is 6.75. The minimum atomic E-state index is -4.53. The molecule has 12 heteroatoms. The van der Waals surface area contributed by atoms with Crippen molar-refractivity contribution in [2.75, 3.05) is 18.0 Å². The summed E-state index contributed by atoms with van der Waals surface area (Å²) < 4.78 is 46.4. The van der Waals surface area contributed by atoms with Crippen molar-refractivity contribution >= 4 is 29.6 Å². The molecule has 45 heavy (non-hydrogen) atoms. The van der Waals surface area contributed by atoms with Crippen molar-refractivity contribution in [1.29, 1.82) is 0 Å². The molecule has 8 nitrogen and oxygen atoms in total. The number of carbonyl (C=O) groups excluding carboxylic acids is 1. The van der Waals surface area contributed by atoms with E-state index in [1.807, 2.05) is 23.1 Å². The fourth-order valence-electron chi connectivity index (χ4n) is 6.56. The number of amides is 1. The second kappa shape index (κ2) is 12.2. The molecule has 1 amide bonds. The number of halogens is 4. The smallest absolute Gasteiger partial charge is 0.416 e. The van der Waals surface area contributed by atoms with Crippen molar-refractivity contribution in [3.63, 3.8) is 0 Å². The molecule has 3 heterocycles. The monoisotopic (exact) mass is 642 g/mol. The Morgan fingerprint density at radius 3 is 2.44 bits per heavy atom. The van der Waals surface area contributed by atoms with Crippen LogP contribution in [-0.2, 0) is 22.3 Å². The van der Waals surface area contributed by atoms with Crippen LogP contribution in [0.4, 0.5) is 23.9 Å². The molecule has 238 valence electrons. The number of ether oxygens (including phenoxy) is 1. The van der Waals surface area contributed by atoms with E-state index in [1.54, 1.807) is 26.1 Å². The molecule has 0 spiro atoms. The maximum absolute atomic E-state index is 13.6. The Balaban J connectivity index is 1.32. The van der Waals surface area contributed by atoms with Crippen LogP contribution >= 0.6 is 11.6 Å². The van der Waals surface area contributed by atoms with E-state index in [0.717, 1.165) is 50.0 Å². The first-order chi connectivity index (χ1) is 21.4. The third kappa shape index (κ3) is 6.32. The van der Waals surface area contributed by atoms with E-state index in [-0.39, 0.29) is 23.9 Å². The summed E-state index contributed by atoms with van der Waals surface area (Å²) in [5, 5.41) is 9.89. The van der Waals surface area contributed by atoms with Crippen molar-refractivity contribution in [3.8, 4) is 11.1 Å². The number of hydrogen-bond donors (Lipinski definition) is 1. The van der Waals surface area contributed by atoms with Crippen LogP contribution in [0, 0.1) is 12.8 Å². The maximum atomic E-state index is 13.6. The van der Waals surface area contributed by atoms with Gasteiger partial charge in [-0.1, -0.05) is 29.3 Å². The second-order valence-corrected chi connectivity index (χ2v) is 12.7. The van der Waals surface area contributed by atoms with Gasteiger partial charge in [0.2, 0.25) is 5.95 Å². The first-order valence-corrected chi connectivity index (χ1v) is 15.6. The summed E-state index contributed by atoms with van der Waals surface area (Å²) in [5.74, 6) is -0.362. The largest absolute Gasteiger partial charge is 0.481 e. The number of cyclic esters (lactones) is 1. The van der Waals surface area contributed by atoms with Crippen molar-refractivity contribution in [2.45, 2.75) is 76.7 Å². The molecule has 2 saturated heterocycles. The summed E-state index contributed by atoms with van der Waals surface area (Å²) in [5.41, 5.74) is 2.85. The highest BCUT2D eigenvalue weighted by molar-refractivity contribution is 6.33. The first kappa shape index (κ1) is 31.1. The fourth-order valence-corrected chi connectivity index (χ4v) is 6.78. The van der Waals surface area contributed by atoms with E-state index in [2.05, 4.69) is 4.98 Å². The standard InChI is InChI=1S/C33H34ClF3N4O4/c1-18-12-23(14-24(13-18)33(35,36)37)29-19(2)41(32(44)45-29)17-28-26(16-38-31(39-28)40-10-3-11-40)25-15-22(8-9-27(25)34)20-4-6-21(7-5-20)30(42)43/h8-9,12-16,19-21,29H,3-7,10-11,17H2,1-2H3,(H,42,43)/t19-,20?,21?,29-/m0/s1. The van der Waals surface area contributed by atoms with E-state index >= 15 is 0 Å². The normalized spacial score (nSPS) is 23.6. The van der Waals surface area contributed by atoms with Gasteiger partial charge in [0.15, 0.2) is 0 Å². The van der Waals surface area contributed by atoms with Crippen LogP contribution in [0.2, 0.25) is 5.02 Å². The molecule has 1 aromatic heterocycles. The van der Waals surface area contributed by atoms with Crippen molar-refractivity contribution in [2.24, 2.45) is 5.92 Å². The molecule has 2 atom stereocenters. The molecule has 2 aliphatic heterocycles. The number of benzene rings is 2. The van der Waals surface area contributed by atoms with Crippen LogP contribution in [0.1, 0.15) is 79.0 Å². The van der Waals surface area contributed by atoms with Crippen LogP contribution in [-0.4, -0.2) is 51.2 Å². The number of alkyl halides is 3. The zero-order valence-electron chi connectivity index (χ0n) is 25.0. The van der Waals surface area contributed by atoms with Crippen molar-refractivity contribution < 1.29 is 32.6 Å². The second-order valence-electron chi connectivity index (χ2n) is 12.3. The maximum Gasteiger partial charge on any atom is 0.416 e. The molecule has 0 unspecified atom stereocenters. The summed E-state index contributed by atoms with van der Waals surface area (Å²) in [7, 11) is 0. The molecule has 1 aliphatic carbocycles. The van der Waals surface area contributed by atoms with Gasteiger partial charge in [0.05, 0.1) is 29.8 Å². The number of carboxylic acids is 1. The Hall–Kier alpha value is -3.86. The Bertz CT molecular complexity index is 1620. The Morgan fingerprint density at radius 1 is 1.07 bits per heavy atom. The van der Waals surface area contributed by atoms with Gasteiger partial charge in [0.25, 0.3) is 0 Å². The predicted molar refractivity (Wildman–Crippen MR) is 162 cm³/mol. The van der Waals surface area contributed by atoms with Gasteiger partial charge < -0.3 is 14.7 Å². The average Bonchev–Trinajstić information content (AvgIpc) is 3.25. The zero-order chi connectivity index (χ0) is 32.0. The molecule has 0 radical (unpaired) electrons. The minimum absolute atomic E-state index is 0.0391. The highest BCUT2D eigenvalue weighted by atomic mass is 35.5. The van der Waals surface area contributed by atoms with E-state index in [0.29, 0.717) is 46.2 Å². The van der Waals surface area contributed by atoms with Crippen LogP contribution in [0.15, 0.2) is 42.6 Å². The van der Waals surface area contributed by atoms with Gasteiger partial charge in [-0.25, -0.2) is 14.8 Å². The van der Waals surface area contributed by atoms with Gasteiger partial charge in [-0.3, -0.25) is 9.69 Å². The van der Waals surface area contributed by atoms with E-state index < -0.39 is 35.9 Å². The van der Waals surface area contributed by atoms with Crippen molar-refractivity contribution in [1.82, 2.24) is 14.9 Å². The van der Waals surface area contributed by atoms with Gasteiger partial charge in [-0.05, 0) is 87.3 Å².